The maximum Gasteiger partial charge on any atom is 0.228 e. The van der Waals surface area contributed by atoms with Crippen molar-refractivity contribution in [1.29, 1.82) is 0 Å². The molecule has 29 heavy (non-hydrogen) atoms. The SMILES string of the molecule is C[C@H](CS(=O)(=O)c1ccc2c(c1)NC(=O)CCS2)C(=O)Nc1cc(F)ccc1F. The van der Waals surface area contributed by atoms with Gasteiger partial charge in [0, 0.05) is 29.1 Å². The number of amides is 2. The smallest absolute Gasteiger partial charge is 0.228 e. The monoisotopic (exact) mass is 440 g/mol. The fourth-order valence-corrected chi connectivity index (χ4v) is 5.25. The van der Waals surface area contributed by atoms with Crippen LogP contribution in [0.5, 0.6) is 0 Å². The van der Waals surface area contributed by atoms with Gasteiger partial charge in [-0.1, -0.05) is 6.92 Å². The summed E-state index contributed by atoms with van der Waals surface area (Å²) in [6, 6.07) is 7.02. The van der Waals surface area contributed by atoms with Crippen molar-refractivity contribution in [1.82, 2.24) is 0 Å². The van der Waals surface area contributed by atoms with Gasteiger partial charge in [0.2, 0.25) is 11.8 Å². The first-order chi connectivity index (χ1) is 13.7. The molecule has 0 aromatic heterocycles. The molecule has 154 valence electrons. The van der Waals surface area contributed by atoms with Gasteiger partial charge >= 0.3 is 0 Å². The van der Waals surface area contributed by atoms with Gasteiger partial charge in [0.1, 0.15) is 11.6 Å². The summed E-state index contributed by atoms with van der Waals surface area (Å²) in [5, 5.41) is 4.88. The lowest BCUT2D eigenvalue weighted by Gasteiger charge is -2.14. The third kappa shape index (κ3) is 5.13. The van der Waals surface area contributed by atoms with Crippen LogP contribution < -0.4 is 10.6 Å². The molecule has 0 radical (unpaired) electrons. The standard InChI is InChI=1S/C19H18F2N2O4S2/c1-11(19(25)23-15-8-12(20)2-4-14(15)21)10-29(26,27)13-3-5-17-16(9-13)22-18(24)6-7-28-17/h2-5,8-9,11H,6-7,10H2,1H3,(H,22,24)(H,23,25)/t11-/m1/s1. The van der Waals surface area contributed by atoms with Crippen LogP contribution in [0.15, 0.2) is 46.2 Å². The molecule has 1 atom stereocenters. The zero-order valence-corrected chi connectivity index (χ0v) is 17.0. The van der Waals surface area contributed by atoms with Crippen LogP contribution in [0, 0.1) is 17.6 Å². The number of hydrogen-bond acceptors (Lipinski definition) is 5. The molecule has 2 aromatic rings. The minimum atomic E-state index is -3.87. The number of benzene rings is 2. The molecule has 0 fully saturated rings. The molecular weight excluding hydrogens is 422 g/mol. The molecule has 2 amide bonds. The van der Waals surface area contributed by atoms with Gasteiger partial charge in [0.15, 0.2) is 9.84 Å². The number of thioether (sulfide) groups is 1. The molecule has 0 saturated carbocycles. The van der Waals surface area contributed by atoms with Gasteiger partial charge in [-0.3, -0.25) is 9.59 Å². The first kappa shape index (κ1) is 21.3. The predicted octanol–water partition coefficient (Wildman–Crippen LogP) is 3.45. The molecule has 1 heterocycles. The maximum absolute atomic E-state index is 13.7. The number of hydrogen-bond donors (Lipinski definition) is 2. The summed E-state index contributed by atoms with van der Waals surface area (Å²) in [4.78, 5) is 24.7. The molecule has 0 saturated heterocycles. The van der Waals surface area contributed by atoms with Crippen LogP contribution in [0.25, 0.3) is 0 Å². The molecule has 1 aliphatic heterocycles. The Kier molecular flexibility index (Phi) is 6.23. The van der Waals surface area contributed by atoms with E-state index in [1.165, 1.54) is 30.8 Å². The summed E-state index contributed by atoms with van der Waals surface area (Å²) < 4.78 is 52.4. The van der Waals surface area contributed by atoms with Gasteiger partial charge in [-0.2, -0.15) is 0 Å². The lowest BCUT2D eigenvalue weighted by atomic mass is 10.2. The number of nitrogens with one attached hydrogen (secondary N) is 2. The number of carbonyl (C=O) groups excluding carboxylic acids is 2. The van der Waals surface area contributed by atoms with E-state index in [9.17, 15) is 26.8 Å². The van der Waals surface area contributed by atoms with Crippen molar-refractivity contribution in [2.45, 2.75) is 23.1 Å². The minimum Gasteiger partial charge on any atom is -0.325 e. The second kappa shape index (κ2) is 8.50. The van der Waals surface area contributed by atoms with Crippen LogP contribution in [0.1, 0.15) is 13.3 Å². The van der Waals surface area contributed by atoms with E-state index in [1.54, 1.807) is 6.07 Å². The summed E-state index contributed by atoms with van der Waals surface area (Å²) >= 11 is 1.45. The first-order valence-electron chi connectivity index (χ1n) is 8.71. The number of carbonyl (C=O) groups is 2. The van der Waals surface area contributed by atoms with E-state index < -0.39 is 39.0 Å². The topological polar surface area (TPSA) is 92.3 Å². The van der Waals surface area contributed by atoms with E-state index >= 15 is 0 Å². The van der Waals surface area contributed by atoms with Gasteiger partial charge < -0.3 is 10.6 Å². The highest BCUT2D eigenvalue weighted by Crippen LogP contribution is 2.33. The van der Waals surface area contributed by atoms with Crippen molar-refractivity contribution in [3.63, 3.8) is 0 Å². The Labute approximate surface area is 171 Å². The van der Waals surface area contributed by atoms with Crippen molar-refractivity contribution in [3.05, 3.63) is 48.0 Å². The highest BCUT2D eigenvalue weighted by atomic mass is 32.2. The predicted molar refractivity (Wildman–Crippen MR) is 107 cm³/mol. The van der Waals surface area contributed by atoms with Gasteiger partial charge in [0.05, 0.1) is 22.0 Å². The van der Waals surface area contributed by atoms with E-state index in [0.29, 0.717) is 17.9 Å². The normalized spacial score (nSPS) is 15.1. The van der Waals surface area contributed by atoms with Crippen LogP contribution >= 0.6 is 11.8 Å². The highest BCUT2D eigenvalue weighted by molar-refractivity contribution is 7.99. The second-order valence-electron chi connectivity index (χ2n) is 6.60. The number of fused-ring (bicyclic) bond motifs is 1. The molecule has 2 N–H and O–H groups in total. The summed E-state index contributed by atoms with van der Waals surface area (Å²) in [6.45, 7) is 1.38. The Bertz CT molecular complexity index is 1070. The van der Waals surface area contributed by atoms with Crippen molar-refractivity contribution >= 4 is 44.8 Å². The second-order valence-corrected chi connectivity index (χ2v) is 9.77. The molecule has 0 bridgehead atoms. The molecule has 1 aliphatic rings. The van der Waals surface area contributed by atoms with E-state index in [1.807, 2.05) is 0 Å². The van der Waals surface area contributed by atoms with Crippen LogP contribution in [0.2, 0.25) is 0 Å². The van der Waals surface area contributed by atoms with Gasteiger partial charge in [-0.15, -0.1) is 11.8 Å². The van der Waals surface area contributed by atoms with E-state index in [2.05, 4.69) is 10.6 Å². The van der Waals surface area contributed by atoms with Gasteiger partial charge in [-0.25, -0.2) is 17.2 Å². The Hall–Kier alpha value is -2.46. The fraction of sp³-hybridized carbons (Fsp3) is 0.263. The summed E-state index contributed by atoms with van der Waals surface area (Å²) in [7, 11) is -3.87. The molecule has 6 nitrogen and oxygen atoms in total. The Balaban J connectivity index is 1.75. The summed E-state index contributed by atoms with van der Waals surface area (Å²) in [6.07, 6.45) is 0.329. The summed E-state index contributed by atoms with van der Waals surface area (Å²) in [5.74, 6) is -3.47. The third-order valence-electron chi connectivity index (χ3n) is 4.27. The van der Waals surface area contributed by atoms with Crippen molar-refractivity contribution in [2.24, 2.45) is 5.92 Å². The van der Waals surface area contributed by atoms with Crippen LogP contribution in [-0.4, -0.2) is 31.7 Å². The third-order valence-corrected chi connectivity index (χ3v) is 7.26. The Morgan fingerprint density at radius 3 is 2.76 bits per heavy atom. The van der Waals surface area contributed by atoms with Gasteiger partial charge in [-0.05, 0) is 30.3 Å². The lowest BCUT2D eigenvalue weighted by Crippen LogP contribution is -2.27. The molecule has 3 rings (SSSR count). The maximum atomic E-state index is 13.7. The molecule has 2 aromatic carbocycles. The zero-order chi connectivity index (χ0) is 21.2. The van der Waals surface area contributed by atoms with E-state index in [-0.39, 0.29) is 16.5 Å². The van der Waals surface area contributed by atoms with E-state index in [0.717, 1.165) is 23.1 Å². The van der Waals surface area contributed by atoms with Crippen LogP contribution in [-0.2, 0) is 19.4 Å². The molecule has 0 aliphatic carbocycles. The minimum absolute atomic E-state index is 0.0318. The lowest BCUT2D eigenvalue weighted by molar-refractivity contribution is -0.119. The zero-order valence-electron chi connectivity index (χ0n) is 15.4. The number of anilines is 2. The molecule has 0 spiro atoms. The van der Waals surface area contributed by atoms with Crippen molar-refractivity contribution in [3.8, 4) is 0 Å². The fourth-order valence-electron chi connectivity index (χ4n) is 2.74. The van der Waals surface area contributed by atoms with Crippen LogP contribution in [0.3, 0.4) is 0 Å². The highest BCUT2D eigenvalue weighted by Gasteiger charge is 2.25. The molecule has 10 heteroatoms. The van der Waals surface area contributed by atoms with Crippen molar-refractivity contribution < 1.29 is 26.8 Å². The Morgan fingerprint density at radius 1 is 1.24 bits per heavy atom. The quantitative estimate of drug-likeness (QED) is 0.743. The number of halogens is 2. The average Bonchev–Trinajstić information content (AvgIpc) is 2.84. The molecular formula is C19H18F2N2O4S2. The number of sulfone groups is 1. The average molecular weight is 440 g/mol. The van der Waals surface area contributed by atoms with E-state index in [4.69, 9.17) is 0 Å². The first-order valence-corrected chi connectivity index (χ1v) is 11.3. The van der Waals surface area contributed by atoms with Gasteiger partial charge in [0.25, 0.3) is 0 Å². The largest absolute Gasteiger partial charge is 0.325 e. The summed E-state index contributed by atoms with van der Waals surface area (Å²) in [5.41, 5.74) is 0.0570. The van der Waals surface area contributed by atoms with Crippen molar-refractivity contribution in [2.75, 3.05) is 22.1 Å². The molecule has 0 unspecified atom stereocenters. The Morgan fingerprint density at radius 2 is 2.00 bits per heavy atom. The van der Waals surface area contributed by atoms with Crippen LogP contribution in [0.4, 0.5) is 20.2 Å². The number of rotatable bonds is 5.